The van der Waals surface area contributed by atoms with Crippen LogP contribution in [0.4, 0.5) is 14.6 Å². The molecule has 4 heterocycles. The number of rotatable bonds is 2. The summed E-state index contributed by atoms with van der Waals surface area (Å²) < 4.78 is 36.2. The van der Waals surface area contributed by atoms with Gasteiger partial charge in [-0.2, -0.15) is 14.9 Å². The van der Waals surface area contributed by atoms with E-state index in [9.17, 15) is 18.8 Å². The molecule has 2 aliphatic heterocycles. The zero-order valence-electron chi connectivity index (χ0n) is 18.5. The molecule has 0 aromatic carbocycles. The Bertz CT molecular complexity index is 1260. The van der Waals surface area contributed by atoms with Crippen LogP contribution in [0.1, 0.15) is 32.1 Å². The Labute approximate surface area is 195 Å². The highest BCUT2D eigenvalue weighted by Crippen LogP contribution is 2.58. The number of carbonyl (C=O) groups excluding carboxylic acids is 1. The molecule has 2 atom stereocenters. The van der Waals surface area contributed by atoms with Crippen LogP contribution in [0.15, 0.2) is 42.0 Å². The molecule has 3 fully saturated rings. The minimum Gasteiger partial charge on any atom is -0.356 e. The van der Waals surface area contributed by atoms with Crippen molar-refractivity contribution in [1.29, 1.82) is 5.26 Å². The topological polar surface area (TPSA) is 86.8 Å². The van der Waals surface area contributed by atoms with Crippen LogP contribution in [0.3, 0.4) is 0 Å². The first-order valence-corrected chi connectivity index (χ1v) is 11.6. The van der Waals surface area contributed by atoms with Crippen molar-refractivity contribution in [2.45, 2.75) is 44.4 Å². The number of aromatic nitrogens is 3. The Morgan fingerprint density at radius 2 is 2.09 bits per heavy atom. The van der Waals surface area contributed by atoms with Gasteiger partial charge in [-0.15, -0.1) is 0 Å². The lowest BCUT2D eigenvalue weighted by Gasteiger charge is -2.51. The van der Waals surface area contributed by atoms with Gasteiger partial charge in [0.1, 0.15) is 17.9 Å². The number of anilines is 1. The first-order chi connectivity index (χ1) is 16.5. The van der Waals surface area contributed by atoms with E-state index in [-0.39, 0.29) is 36.2 Å². The molecule has 7 rings (SSSR count). The Morgan fingerprint density at radius 3 is 2.91 bits per heavy atom. The van der Waals surface area contributed by atoms with Crippen molar-refractivity contribution >= 4 is 17.4 Å². The number of amides is 1. The molecule has 1 amide bonds. The molecule has 2 aromatic rings. The van der Waals surface area contributed by atoms with Crippen molar-refractivity contribution < 1.29 is 18.3 Å². The summed E-state index contributed by atoms with van der Waals surface area (Å²) in [5, 5.41) is 13.5. The fraction of sp³-hybridized carbons (Fsp3) is 0.500. The van der Waals surface area contributed by atoms with Gasteiger partial charge in [0.2, 0.25) is 5.91 Å². The lowest BCUT2D eigenvalue weighted by molar-refractivity contribution is -0.150. The molecule has 1 saturated carbocycles. The lowest BCUT2D eigenvalue weighted by Crippen LogP contribution is -2.54. The Morgan fingerprint density at radius 1 is 1.24 bits per heavy atom. The van der Waals surface area contributed by atoms with E-state index in [1.165, 1.54) is 16.8 Å². The summed E-state index contributed by atoms with van der Waals surface area (Å²) in [5.74, 6) is -0.246. The quantitative estimate of drug-likeness (QED) is 0.676. The summed E-state index contributed by atoms with van der Waals surface area (Å²) in [6.07, 6.45) is 8.31. The fourth-order valence-corrected chi connectivity index (χ4v) is 6.20. The van der Waals surface area contributed by atoms with Crippen LogP contribution in [-0.4, -0.2) is 57.4 Å². The second-order valence-corrected chi connectivity index (χ2v) is 9.57. The average molecular weight is 466 g/mol. The van der Waals surface area contributed by atoms with Gasteiger partial charge in [-0.3, -0.25) is 4.79 Å². The number of fused-ring (bicyclic) bond motifs is 3. The molecule has 2 saturated heterocycles. The zero-order chi connectivity index (χ0) is 23.4. The van der Waals surface area contributed by atoms with Crippen molar-refractivity contribution in [2.24, 2.45) is 11.3 Å². The molecule has 10 heteroatoms. The summed E-state index contributed by atoms with van der Waals surface area (Å²) in [5.41, 5.74) is 0.157. The van der Waals surface area contributed by atoms with E-state index in [1.807, 2.05) is 9.80 Å². The molecule has 0 spiro atoms. The third-order valence-corrected chi connectivity index (χ3v) is 7.75. The maximum absolute atomic E-state index is 14.6. The van der Waals surface area contributed by atoms with Gasteiger partial charge in [0.15, 0.2) is 11.5 Å². The van der Waals surface area contributed by atoms with Gasteiger partial charge >= 0.3 is 0 Å². The van der Waals surface area contributed by atoms with E-state index >= 15 is 0 Å². The van der Waals surface area contributed by atoms with Gasteiger partial charge in [0.25, 0.3) is 0 Å². The number of carbonyl (C=O) groups is 1. The van der Waals surface area contributed by atoms with Gasteiger partial charge in [-0.25, -0.2) is 13.8 Å². The van der Waals surface area contributed by atoms with E-state index in [4.69, 9.17) is 4.74 Å². The van der Waals surface area contributed by atoms with Gasteiger partial charge in [0.05, 0.1) is 18.9 Å². The maximum Gasteiger partial charge on any atom is 0.226 e. The predicted octanol–water partition coefficient (Wildman–Crippen LogP) is 3.13. The standard InChI is InChI=1S/C24H24F2N6O2/c25-17-9-15(13-27)16-10-24(11-16,12-17)19-1-2-22-31(19)21(33)4-6-30(7-8-34-22)20-3-5-28-23-18(26)14-29-32(20)23/h3,5,9,12,14,16,19,22H,1-2,4,6-8,10-11H2/t16?,19-,22+,24?/m0/s1. The van der Waals surface area contributed by atoms with Gasteiger partial charge in [-0.1, -0.05) is 0 Å². The van der Waals surface area contributed by atoms with Crippen LogP contribution in [-0.2, 0) is 9.53 Å². The minimum atomic E-state index is -0.502. The predicted molar refractivity (Wildman–Crippen MR) is 117 cm³/mol. The van der Waals surface area contributed by atoms with Crippen molar-refractivity contribution in [3.63, 3.8) is 0 Å². The number of halogens is 2. The van der Waals surface area contributed by atoms with Crippen LogP contribution in [0.25, 0.3) is 5.65 Å². The third-order valence-electron chi connectivity index (χ3n) is 7.75. The molecule has 3 aliphatic carbocycles. The molecule has 2 aromatic heterocycles. The SMILES string of the molecule is N#CC1=CC(F)=CC2([C@@H]3CC[C@H]4OCCN(c5ccnc6c(F)cnn56)CCC(=O)N34)CC1C2. The number of nitriles is 1. The summed E-state index contributed by atoms with van der Waals surface area (Å²) in [6.45, 7) is 1.31. The molecular formula is C24H24F2N6O2. The minimum absolute atomic E-state index is 0.0410. The van der Waals surface area contributed by atoms with Crippen molar-refractivity contribution in [2.75, 3.05) is 24.6 Å². The lowest BCUT2D eigenvalue weighted by atomic mass is 9.56. The highest BCUT2D eigenvalue weighted by atomic mass is 19.1. The molecule has 0 N–H and O–H groups in total. The monoisotopic (exact) mass is 466 g/mol. The van der Waals surface area contributed by atoms with E-state index in [2.05, 4.69) is 16.2 Å². The number of hydrogen-bond donors (Lipinski definition) is 0. The second-order valence-electron chi connectivity index (χ2n) is 9.57. The van der Waals surface area contributed by atoms with Crippen molar-refractivity contribution in [1.82, 2.24) is 19.5 Å². The number of allylic oxidation sites excluding steroid dienone is 3. The molecule has 0 radical (unpaired) electrons. The normalized spacial score (nSPS) is 31.4. The Hall–Kier alpha value is -3.32. The summed E-state index contributed by atoms with van der Waals surface area (Å²) in [7, 11) is 0. The highest BCUT2D eigenvalue weighted by Gasteiger charge is 2.56. The second kappa shape index (κ2) is 7.87. The number of nitrogens with zero attached hydrogens (tertiary/aromatic N) is 6. The Kier molecular flexibility index (Phi) is 4.92. The fourth-order valence-electron chi connectivity index (χ4n) is 6.20. The van der Waals surface area contributed by atoms with E-state index in [0.717, 1.165) is 12.6 Å². The van der Waals surface area contributed by atoms with Crippen molar-refractivity contribution in [3.05, 3.63) is 47.8 Å². The number of hydrogen-bond acceptors (Lipinski definition) is 6. The van der Waals surface area contributed by atoms with Gasteiger partial charge < -0.3 is 14.5 Å². The molecule has 0 unspecified atom stereocenters. The smallest absolute Gasteiger partial charge is 0.226 e. The van der Waals surface area contributed by atoms with Crippen LogP contribution in [0, 0.1) is 28.5 Å². The largest absolute Gasteiger partial charge is 0.356 e. The Balaban J connectivity index is 1.25. The highest BCUT2D eigenvalue weighted by molar-refractivity contribution is 5.78. The molecule has 8 nitrogen and oxygen atoms in total. The number of ether oxygens (including phenoxy) is 1. The molecule has 176 valence electrons. The first-order valence-electron chi connectivity index (χ1n) is 11.6. The van der Waals surface area contributed by atoms with E-state index in [1.54, 1.807) is 12.1 Å². The third kappa shape index (κ3) is 3.21. The maximum atomic E-state index is 14.6. The summed E-state index contributed by atoms with van der Waals surface area (Å²) in [4.78, 5) is 21.3. The zero-order valence-corrected chi connectivity index (χ0v) is 18.5. The van der Waals surface area contributed by atoms with Crippen LogP contribution in [0.2, 0.25) is 0 Å². The van der Waals surface area contributed by atoms with Crippen LogP contribution < -0.4 is 4.90 Å². The van der Waals surface area contributed by atoms with E-state index < -0.39 is 17.1 Å². The first kappa shape index (κ1) is 21.2. The van der Waals surface area contributed by atoms with Gasteiger partial charge in [0, 0.05) is 42.7 Å². The molecule has 2 bridgehead atoms. The molecule has 5 aliphatic rings. The van der Waals surface area contributed by atoms with Crippen LogP contribution in [0.5, 0.6) is 0 Å². The van der Waals surface area contributed by atoms with Crippen molar-refractivity contribution in [3.8, 4) is 6.07 Å². The molecular weight excluding hydrogens is 442 g/mol. The summed E-state index contributed by atoms with van der Waals surface area (Å²) >= 11 is 0. The summed E-state index contributed by atoms with van der Waals surface area (Å²) in [6, 6.07) is 3.72. The average Bonchev–Trinajstić information content (AvgIpc) is 3.34. The van der Waals surface area contributed by atoms with Crippen LogP contribution >= 0.6 is 0 Å². The molecule has 34 heavy (non-hydrogen) atoms. The van der Waals surface area contributed by atoms with Gasteiger partial charge in [-0.05, 0) is 49.8 Å². The van der Waals surface area contributed by atoms with E-state index in [0.29, 0.717) is 50.3 Å².